The Kier molecular flexibility index (Phi) is 5.21. The van der Waals surface area contributed by atoms with Gasteiger partial charge in [-0.05, 0) is 31.2 Å². The van der Waals surface area contributed by atoms with Crippen LogP contribution in [0.2, 0.25) is 0 Å². The molecule has 1 heterocycles. The summed E-state index contributed by atoms with van der Waals surface area (Å²) in [5.41, 5.74) is 2.76. The Bertz CT molecular complexity index is 434. The van der Waals surface area contributed by atoms with Gasteiger partial charge < -0.3 is 10.2 Å². The second-order valence-corrected chi connectivity index (χ2v) is 8.37. The van der Waals surface area contributed by atoms with Crippen LogP contribution in [0, 0.1) is 0 Å². The lowest BCUT2D eigenvalue weighted by Crippen LogP contribution is -2.28. The van der Waals surface area contributed by atoms with Crippen LogP contribution < -0.4 is 10.2 Å². The van der Waals surface area contributed by atoms with Gasteiger partial charge in [0, 0.05) is 40.3 Å². The number of rotatable bonds is 3. The van der Waals surface area contributed by atoms with E-state index in [0.29, 0.717) is 4.75 Å². The monoisotopic (exact) mass is 342 g/mol. The highest BCUT2D eigenvalue weighted by atomic mass is 79.9. The van der Waals surface area contributed by atoms with Crippen molar-refractivity contribution in [1.29, 1.82) is 0 Å². The second kappa shape index (κ2) is 6.51. The highest BCUT2D eigenvalue weighted by molar-refractivity contribution is 9.10. The van der Waals surface area contributed by atoms with Crippen LogP contribution in [-0.4, -0.2) is 30.6 Å². The van der Waals surface area contributed by atoms with Gasteiger partial charge in [-0.15, -0.1) is 0 Å². The average Bonchev–Trinajstić information content (AvgIpc) is 2.53. The molecule has 4 heteroatoms. The summed E-state index contributed by atoms with van der Waals surface area (Å²) in [7, 11) is 2.01. The molecule has 1 fully saturated rings. The molecular formula is C15H23BrN2S. The average molecular weight is 343 g/mol. The van der Waals surface area contributed by atoms with Gasteiger partial charge in [0.15, 0.2) is 0 Å². The van der Waals surface area contributed by atoms with Gasteiger partial charge in [-0.1, -0.05) is 35.8 Å². The number of benzene rings is 1. The molecular weight excluding hydrogens is 320 g/mol. The van der Waals surface area contributed by atoms with E-state index < -0.39 is 0 Å². The summed E-state index contributed by atoms with van der Waals surface area (Å²) in [5.74, 6) is 1.21. The molecule has 0 amide bonds. The first kappa shape index (κ1) is 15.2. The minimum atomic E-state index is 0.407. The van der Waals surface area contributed by atoms with Gasteiger partial charge in [0.1, 0.15) is 0 Å². The van der Waals surface area contributed by atoms with Crippen molar-refractivity contribution in [2.45, 2.75) is 31.6 Å². The maximum atomic E-state index is 3.60. The largest absolute Gasteiger partial charge is 0.370 e. The molecule has 1 saturated heterocycles. The van der Waals surface area contributed by atoms with E-state index in [1.54, 1.807) is 0 Å². The fraction of sp³-hybridized carbons (Fsp3) is 0.600. The number of anilines is 1. The Labute approximate surface area is 129 Å². The summed E-state index contributed by atoms with van der Waals surface area (Å²) >= 11 is 5.70. The lowest BCUT2D eigenvalue weighted by Gasteiger charge is -2.26. The first-order valence-electron chi connectivity index (χ1n) is 6.84. The van der Waals surface area contributed by atoms with Crippen molar-refractivity contribution < 1.29 is 0 Å². The zero-order valence-electron chi connectivity index (χ0n) is 12.0. The topological polar surface area (TPSA) is 15.3 Å². The minimum absolute atomic E-state index is 0.407. The Morgan fingerprint density at radius 2 is 2.16 bits per heavy atom. The number of nitrogens with zero attached hydrogens (tertiary/aromatic N) is 1. The van der Waals surface area contributed by atoms with Crippen LogP contribution in [0.3, 0.4) is 0 Å². The molecule has 0 aliphatic carbocycles. The van der Waals surface area contributed by atoms with Gasteiger partial charge in [-0.3, -0.25) is 0 Å². The van der Waals surface area contributed by atoms with Crippen molar-refractivity contribution >= 4 is 33.4 Å². The molecule has 0 unspecified atom stereocenters. The van der Waals surface area contributed by atoms with E-state index in [0.717, 1.165) is 19.6 Å². The highest BCUT2D eigenvalue weighted by Crippen LogP contribution is 2.34. The van der Waals surface area contributed by atoms with Crippen LogP contribution in [0.4, 0.5) is 5.69 Å². The number of thioether (sulfide) groups is 1. The Balaban J connectivity index is 2.22. The van der Waals surface area contributed by atoms with Crippen LogP contribution in [0.5, 0.6) is 0 Å². The lowest BCUT2D eigenvalue weighted by molar-refractivity contribution is 0.636. The summed E-state index contributed by atoms with van der Waals surface area (Å²) in [4.78, 5) is 2.54. The molecule has 0 atom stereocenters. The normalized spacial score (nSPS) is 19.3. The van der Waals surface area contributed by atoms with Crippen LogP contribution in [-0.2, 0) is 6.54 Å². The van der Waals surface area contributed by atoms with Gasteiger partial charge in [0.05, 0.1) is 0 Å². The van der Waals surface area contributed by atoms with E-state index in [4.69, 9.17) is 0 Å². The van der Waals surface area contributed by atoms with Gasteiger partial charge in [-0.25, -0.2) is 0 Å². The van der Waals surface area contributed by atoms with Crippen molar-refractivity contribution in [2.75, 3.05) is 30.8 Å². The van der Waals surface area contributed by atoms with Gasteiger partial charge in [-0.2, -0.15) is 11.8 Å². The molecule has 106 valence electrons. The Hall–Kier alpha value is -0.190. The molecule has 1 aliphatic heterocycles. The SMILES string of the molecule is CNCc1ccc(Br)cc1N1CCSC(C)(C)CC1. The summed E-state index contributed by atoms with van der Waals surface area (Å²) < 4.78 is 1.57. The molecule has 19 heavy (non-hydrogen) atoms. The molecule has 1 aromatic rings. The Morgan fingerprint density at radius 3 is 2.89 bits per heavy atom. The van der Waals surface area contributed by atoms with Crippen LogP contribution in [0.1, 0.15) is 25.8 Å². The summed E-state index contributed by atoms with van der Waals surface area (Å²) in [6.45, 7) is 7.93. The van der Waals surface area contributed by atoms with Gasteiger partial charge in [0.2, 0.25) is 0 Å². The minimum Gasteiger partial charge on any atom is -0.370 e. The summed E-state index contributed by atoms with van der Waals surface area (Å²) in [6, 6.07) is 6.61. The molecule has 0 bridgehead atoms. The molecule has 0 radical (unpaired) electrons. The van der Waals surface area contributed by atoms with E-state index in [9.17, 15) is 0 Å². The van der Waals surface area contributed by atoms with Crippen molar-refractivity contribution in [3.8, 4) is 0 Å². The molecule has 0 aromatic heterocycles. The van der Waals surface area contributed by atoms with E-state index in [1.165, 1.54) is 27.9 Å². The second-order valence-electron chi connectivity index (χ2n) is 5.65. The number of halogens is 1. The van der Waals surface area contributed by atoms with Crippen LogP contribution in [0.15, 0.2) is 22.7 Å². The predicted octanol–water partition coefficient (Wildman–Crippen LogP) is 3.89. The number of nitrogens with one attached hydrogen (secondary N) is 1. The molecule has 0 spiro atoms. The maximum Gasteiger partial charge on any atom is 0.0423 e. The standard InChI is InChI=1S/C15H23BrN2S/c1-15(2)6-7-18(8-9-19-15)14-10-13(16)5-4-12(14)11-17-3/h4-5,10,17H,6-9,11H2,1-3H3. The molecule has 1 aliphatic rings. The summed E-state index contributed by atoms with van der Waals surface area (Å²) in [6.07, 6.45) is 1.24. The lowest BCUT2D eigenvalue weighted by atomic mass is 10.1. The van der Waals surface area contributed by atoms with Gasteiger partial charge >= 0.3 is 0 Å². The molecule has 2 rings (SSSR count). The fourth-order valence-corrected chi connectivity index (χ4v) is 3.88. The zero-order valence-corrected chi connectivity index (χ0v) is 14.4. The molecule has 0 saturated carbocycles. The quantitative estimate of drug-likeness (QED) is 0.896. The maximum absolute atomic E-state index is 3.60. The van der Waals surface area contributed by atoms with Crippen molar-refractivity contribution in [3.63, 3.8) is 0 Å². The van der Waals surface area contributed by atoms with Crippen molar-refractivity contribution in [1.82, 2.24) is 5.32 Å². The Morgan fingerprint density at radius 1 is 1.37 bits per heavy atom. The third-order valence-corrected chi connectivity index (χ3v) is 5.46. The molecule has 2 nitrogen and oxygen atoms in total. The third kappa shape index (κ3) is 4.14. The highest BCUT2D eigenvalue weighted by Gasteiger charge is 2.24. The predicted molar refractivity (Wildman–Crippen MR) is 90.3 cm³/mol. The first-order chi connectivity index (χ1) is 9.02. The van der Waals surface area contributed by atoms with E-state index in [-0.39, 0.29) is 0 Å². The van der Waals surface area contributed by atoms with E-state index >= 15 is 0 Å². The molecule has 1 aromatic carbocycles. The van der Waals surface area contributed by atoms with Gasteiger partial charge in [0.25, 0.3) is 0 Å². The van der Waals surface area contributed by atoms with E-state index in [2.05, 4.69) is 70.0 Å². The number of hydrogen-bond acceptors (Lipinski definition) is 3. The number of hydrogen-bond donors (Lipinski definition) is 1. The van der Waals surface area contributed by atoms with Crippen LogP contribution in [0.25, 0.3) is 0 Å². The smallest absolute Gasteiger partial charge is 0.0423 e. The third-order valence-electron chi connectivity index (χ3n) is 3.59. The van der Waals surface area contributed by atoms with Crippen molar-refractivity contribution in [2.24, 2.45) is 0 Å². The van der Waals surface area contributed by atoms with E-state index in [1.807, 2.05) is 7.05 Å². The summed E-state index contributed by atoms with van der Waals surface area (Å²) in [5, 5.41) is 3.27. The van der Waals surface area contributed by atoms with Crippen molar-refractivity contribution in [3.05, 3.63) is 28.2 Å². The van der Waals surface area contributed by atoms with Crippen LogP contribution >= 0.6 is 27.7 Å². The molecule has 1 N–H and O–H groups in total. The zero-order chi connectivity index (χ0) is 13.9. The first-order valence-corrected chi connectivity index (χ1v) is 8.62. The fourth-order valence-electron chi connectivity index (χ4n) is 2.43.